The lowest BCUT2D eigenvalue weighted by Gasteiger charge is -2.15. The van der Waals surface area contributed by atoms with Crippen molar-refractivity contribution in [2.75, 3.05) is 0 Å². The SMILES string of the molecule is CC(NC(=O)Cc1ccc([N+](=O)[O-])cc1)c1ccc(OC(F)(F)F)cc1. The molecule has 1 amide bonds. The molecule has 0 bridgehead atoms. The van der Waals surface area contributed by atoms with Crippen LogP contribution in [0.1, 0.15) is 24.1 Å². The van der Waals surface area contributed by atoms with Crippen molar-refractivity contribution in [1.29, 1.82) is 0 Å². The summed E-state index contributed by atoms with van der Waals surface area (Å²) in [7, 11) is 0. The van der Waals surface area contributed by atoms with Gasteiger partial charge in [-0.2, -0.15) is 0 Å². The minimum atomic E-state index is -4.76. The van der Waals surface area contributed by atoms with Gasteiger partial charge in [0.25, 0.3) is 5.69 Å². The van der Waals surface area contributed by atoms with E-state index in [1.165, 1.54) is 48.5 Å². The van der Waals surface area contributed by atoms with Gasteiger partial charge in [-0.25, -0.2) is 0 Å². The van der Waals surface area contributed by atoms with E-state index in [2.05, 4.69) is 10.1 Å². The number of halogens is 3. The zero-order valence-electron chi connectivity index (χ0n) is 13.6. The number of rotatable bonds is 6. The molecule has 2 rings (SSSR count). The van der Waals surface area contributed by atoms with Crippen molar-refractivity contribution >= 4 is 11.6 Å². The number of nitro groups is 1. The zero-order chi connectivity index (χ0) is 19.3. The smallest absolute Gasteiger partial charge is 0.406 e. The highest BCUT2D eigenvalue weighted by atomic mass is 19.4. The number of nitrogens with one attached hydrogen (secondary N) is 1. The molecular formula is C17H15F3N2O4. The fourth-order valence-electron chi connectivity index (χ4n) is 2.25. The van der Waals surface area contributed by atoms with E-state index in [0.717, 1.165) is 0 Å². The third-order valence-corrected chi connectivity index (χ3v) is 3.50. The molecule has 0 aliphatic rings. The first kappa shape index (κ1) is 19.2. The Bertz CT molecular complexity index is 774. The Balaban J connectivity index is 1.92. The van der Waals surface area contributed by atoms with Crippen LogP contribution < -0.4 is 10.1 Å². The van der Waals surface area contributed by atoms with E-state index in [1.807, 2.05) is 0 Å². The first-order chi connectivity index (χ1) is 12.1. The molecule has 0 aliphatic heterocycles. The minimum absolute atomic E-state index is 0.0254. The van der Waals surface area contributed by atoms with Gasteiger partial charge in [-0.1, -0.05) is 24.3 Å². The molecule has 1 N–H and O–H groups in total. The number of amides is 1. The Labute approximate surface area is 146 Å². The number of alkyl halides is 3. The Kier molecular flexibility index (Phi) is 5.81. The van der Waals surface area contributed by atoms with E-state index < -0.39 is 17.3 Å². The number of nitro benzene ring substituents is 1. The largest absolute Gasteiger partial charge is 0.573 e. The highest BCUT2D eigenvalue weighted by molar-refractivity contribution is 5.79. The van der Waals surface area contributed by atoms with Crippen molar-refractivity contribution in [2.24, 2.45) is 0 Å². The average Bonchev–Trinajstić information content (AvgIpc) is 2.54. The first-order valence-electron chi connectivity index (χ1n) is 7.52. The molecule has 0 fully saturated rings. The Morgan fingerprint density at radius 2 is 1.73 bits per heavy atom. The number of ether oxygens (including phenoxy) is 1. The van der Waals surface area contributed by atoms with Crippen LogP contribution in [0.5, 0.6) is 5.75 Å². The van der Waals surface area contributed by atoms with Crippen LogP contribution in [-0.4, -0.2) is 17.2 Å². The van der Waals surface area contributed by atoms with Crippen molar-refractivity contribution < 1.29 is 27.6 Å². The summed E-state index contributed by atoms with van der Waals surface area (Å²) in [6.07, 6.45) is -4.73. The Morgan fingerprint density at radius 1 is 1.15 bits per heavy atom. The van der Waals surface area contributed by atoms with Gasteiger partial charge in [0.2, 0.25) is 5.91 Å². The summed E-state index contributed by atoms with van der Waals surface area (Å²) < 4.78 is 40.2. The van der Waals surface area contributed by atoms with Gasteiger partial charge < -0.3 is 10.1 Å². The number of benzene rings is 2. The summed E-state index contributed by atoms with van der Waals surface area (Å²) in [4.78, 5) is 22.1. The van der Waals surface area contributed by atoms with Gasteiger partial charge in [0.15, 0.2) is 0 Å². The quantitative estimate of drug-likeness (QED) is 0.619. The summed E-state index contributed by atoms with van der Waals surface area (Å²) in [6.45, 7) is 1.69. The van der Waals surface area contributed by atoms with Crippen LogP contribution in [0.15, 0.2) is 48.5 Å². The van der Waals surface area contributed by atoms with Crippen molar-refractivity contribution in [2.45, 2.75) is 25.7 Å². The Morgan fingerprint density at radius 3 is 2.23 bits per heavy atom. The third-order valence-electron chi connectivity index (χ3n) is 3.50. The lowest BCUT2D eigenvalue weighted by Crippen LogP contribution is -2.28. The summed E-state index contributed by atoms with van der Waals surface area (Å²) >= 11 is 0. The van der Waals surface area contributed by atoms with Crippen molar-refractivity contribution in [3.05, 3.63) is 69.8 Å². The van der Waals surface area contributed by atoms with E-state index in [1.54, 1.807) is 6.92 Å². The second-order valence-corrected chi connectivity index (χ2v) is 5.51. The van der Waals surface area contributed by atoms with Gasteiger partial charge in [0.1, 0.15) is 5.75 Å². The molecule has 9 heteroatoms. The summed E-state index contributed by atoms with van der Waals surface area (Å²) in [5.74, 6) is -0.660. The van der Waals surface area contributed by atoms with Crippen molar-refractivity contribution in [3.8, 4) is 5.75 Å². The van der Waals surface area contributed by atoms with Crippen LogP contribution in [-0.2, 0) is 11.2 Å². The standard InChI is InChI=1S/C17H15F3N2O4/c1-11(13-4-8-15(9-5-13)26-17(18,19)20)21-16(23)10-12-2-6-14(7-3-12)22(24)25/h2-9,11H,10H2,1H3,(H,21,23). The highest BCUT2D eigenvalue weighted by Gasteiger charge is 2.31. The highest BCUT2D eigenvalue weighted by Crippen LogP contribution is 2.24. The molecule has 0 heterocycles. The summed E-state index contributed by atoms with van der Waals surface area (Å²) in [6, 6.07) is 10.4. The van der Waals surface area contributed by atoms with Crippen LogP contribution >= 0.6 is 0 Å². The number of nitrogens with zero attached hydrogens (tertiary/aromatic N) is 1. The van der Waals surface area contributed by atoms with Gasteiger partial charge in [0.05, 0.1) is 17.4 Å². The minimum Gasteiger partial charge on any atom is -0.406 e. The van der Waals surface area contributed by atoms with Crippen molar-refractivity contribution in [1.82, 2.24) is 5.32 Å². The molecule has 0 saturated heterocycles. The topological polar surface area (TPSA) is 81.5 Å². The lowest BCUT2D eigenvalue weighted by molar-refractivity contribution is -0.384. The molecule has 0 saturated carbocycles. The van der Waals surface area contributed by atoms with E-state index in [0.29, 0.717) is 11.1 Å². The Hall–Kier alpha value is -3.10. The molecule has 0 radical (unpaired) electrons. The van der Waals surface area contributed by atoms with Crippen LogP contribution in [0.3, 0.4) is 0 Å². The monoisotopic (exact) mass is 368 g/mol. The first-order valence-corrected chi connectivity index (χ1v) is 7.52. The molecule has 138 valence electrons. The molecule has 2 aromatic carbocycles. The average molecular weight is 368 g/mol. The summed E-state index contributed by atoms with van der Waals surface area (Å²) in [5.41, 5.74) is 1.15. The molecular weight excluding hydrogens is 353 g/mol. The molecule has 0 aromatic heterocycles. The predicted octanol–water partition coefficient (Wildman–Crippen LogP) is 3.91. The number of hydrogen-bond acceptors (Lipinski definition) is 4. The lowest BCUT2D eigenvalue weighted by atomic mass is 10.1. The fourth-order valence-corrected chi connectivity index (χ4v) is 2.25. The maximum Gasteiger partial charge on any atom is 0.573 e. The van der Waals surface area contributed by atoms with Gasteiger partial charge in [-0.05, 0) is 30.2 Å². The zero-order valence-corrected chi connectivity index (χ0v) is 13.6. The molecule has 2 aromatic rings. The molecule has 0 aliphatic carbocycles. The van der Waals surface area contributed by atoms with Gasteiger partial charge in [-0.15, -0.1) is 13.2 Å². The molecule has 1 atom stereocenters. The van der Waals surface area contributed by atoms with Crippen LogP contribution in [0.2, 0.25) is 0 Å². The van der Waals surface area contributed by atoms with Gasteiger partial charge >= 0.3 is 6.36 Å². The van der Waals surface area contributed by atoms with E-state index >= 15 is 0 Å². The molecule has 0 spiro atoms. The maximum atomic E-state index is 12.1. The van der Waals surface area contributed by atoms with E-state index in [9.17, 15) is 28.1 Å². The van der Waals surface area contributed by atoms with Gasteiger partial charge in [-0.3, -0.25) is 14.9 Å². The van der Waals surface area contributed by atoms with Crippen LogP contribution in [0.4, 0.5) is 18.9 Å². The molecule has 26 heavy (non-hydrogen) atoms. The number of non-ortho nitro benzene ring substituents is 1. The van der Waals surface area contributed by atoms with Crippen molar-refractivity contribution in [3.63, 3.8) is 0 Å². The van der Waals surface area contributed by atoms with Gasteiger partial charge in [0, 0.05) is 12.1 Å². The number of carbonyl (C=O) groups excluding carboxylic acids is 1. The number of hydrogen-bond donors (Lipinski definition) is 1. The second-order valence-electron chi connectivity index (χ2n) is 5.51. The van der Waals surface area contributed by atoms with E-state index in [-0.39, 0.29) is 23.8 Å². The maximum absolute atomic E-state index is 12.1. The summed E-state index contributed by atoms with van der Waals surface area (Å²) in [5, 5.41) is 13.3. The number of carbonyl (C=O) groups is 1. The third kappa shape index (κ3) is 5.76. The fraction of sp³-hybridized carbons (Fsp3) is 0.235. The van der Waals surface area contributed by atoms with E-state index in [4.69, 9.17) is 0 Å². The predicted molar refractivity (Wildman–Crippen MR) is 86.5 cm³/mol. The normalized spacial score (nSPS) is 12.3. The molecule has 6 nitrogen and oxygen atoms in total. The van der Waals surface area contributed by atoms with Crippen LogP contribution in [0, 0.1) is 10.1 Å². The van der Waals surface area contributed by atoms with Crippen LogP contribution in [0.25, 0.3) is 0 Å². The second kappa shape index (κ2) is 7.85. The molecule has 1 unspecified atom stereocenters.